The largest absolute Gasteiger partial charge is 0.389 e. The third-order valence-corrected chi connectivity index (χ3v) is 5.12. The van der Waals surface area contributed by atoms with Gasteiger partial charge in [-0.3, -0.25) is 0 Å². The highest BCUT2D eigenvalue weighted by molar-refractivity contribution is 5.80. The highest BCUT2D eigenvalue weighted by Crippen LogP contribution is 2.42. The van der Waals surface area contributed by atoms with Gasteiger partial charge in [-0.1, -0.05) is 42.0 Å². The number of anilines is 1. The van der Waals surface area contributed by atoms with Gasteiger partial charge >= 0.3 is 0 Å². The average Bonchev–Trinajstić information content (AvgIpc) is 2.60. The fourth-order valence-corrected chi connectivity index (χ4v) is 3.77. The van der Waals surface area contributed by atoms with Gasteiger partial charge in [-0.2, -0.15) is 5.06 Å². The van der Waals surface area contributed by atoms with Crippen LogP contribution in [-0.2, 0) is 4.84 Å². The summed E-state index contributed by atoms with van der Waals surface area (Å²) < 4.78 is 0. The lowest BCUT2D eigenvalue weighted by molar-refractivity contribution is 0.156. The van der Waals surface area contributed by atoms with Crippen LogP contribution in [0.3, 0.4) is 0 Å². The zero-order chi connectivity index (χ0) is 19.7. The molecule has 0 saturated carbocycles. The second-order valence-corrected chi connectivity index (χ2v) is 7.54. The van der Waals surface area contributed by atoms with E-state index in [1.165, 1.54) is 33.4 Å². The number of allylic oxidation sites excluding steroid dienone is 2. The Hall–Kier alpha value is -2.52. The molecule has 2 aromatic carbocycles. The molecular formula is C24H29NO2. The van der Waals surface area contributed by atoms with Gasteiger partial charge in [0.25, 0.3) is 0 Å². The van der Waals surface area contributed by atoms with E-state index < -0.39 is 6.10 Å². The van der Waals surface area contributed by atoms with Crippen molar-refractivity contribution in [3.8, 4) is 0 Å². The fourth-order valence-electron chi connectivity index (χ4n) is 3.77. The Balaban J connectivity index is 2.15. The highest BCUT2D eigenvalue weighted by Gasteiger charge is 2.29. The highest BCUT2D eigenvalue weighted by atomic mass is 16.7. The maximum absolute atomic E-state index is 9.70. The Morgan fingerprint density at radius 3 is 2.56 bits per heavy atom. The molecule has 1 aliphatic rings. The van der Waals surface area contributed by atoms with Gasteiger partial charge in [0.2, 0.25) is 0 Å². The van der Waals surface area contributed by atoms with E-state index in [1.54, 1.807) is 13.0 Å². The number of aliphatic hydroxyl groups excluding tert-OH is 1. The zero-order valence-electron chi connectivity index (χ0n) is 17.1. The molecule has 142 valence electrons. The summed E-state index contributed by atoms with van der Waals surface area (Å²) in [6, 6.07) is 12.7. The van der Waals surface area contributed by atoms with E-state index in [2.05, 4.69) is 64.1 Å². The first kappa shape index (κ1) is 19.2. The van der Waals surface area contributed by atoms with Crippen molar-refractivity contribution in [1.82, 2.24) is 0 Å². The summed E-state index contributed by atoms with van der Waals surface area (Å²) in [5, 5.41) is 11.7. The van der Waals surface area contributed by atoms with Crippen molar-refractivity contribution in [1.29, 1.82) is 0 Å². The number of rotatable bonds is 4. The van der Waals surface area contributed by atoms with Crippen LogP contribution in [0, 0.1) is 20.8 Å². The first-order chi connectivity index (χ1) is 12.8. The molecule has 1 N–H and O–H groups in total. The second-order valence-electron chi connectivity index (χ2n) is 7.54. The van der Waals surface area contributed by atoms with Crippen molar-refractivity contribution < 1.29 is 9.94 Å². The SMILES string of the molecule is CC1=CC(c2cc(C)cc(C)c2C)N(O/C(C)=C\C(C)O)c2ccccc21. The van der Waals surface area contributed by atoms with Crippen molar-refractivity contribution in [2.45, 2.75) is 53.7 Å². The van der Waals surface area contributed by atoms with Crippen LogP contribution < -0.4 is 5.06 Å². The third-order valence-electron chi connectivity index (χ3n) is 5.12. The minimum Gasteiger partial charge on any atom is -0.389 e. The Morgan fingerprint density at radius 2 is 1.85 bits per heavy atom. The molecule has 2 atom stereocenters. The van der Waals surface area contributed by atoms with E-state index in [9.17, 15) is 5.11 Å². The summed E-state index contributed by atoms with van der Waals surface area (Å²) in [4.78, 5) is 6.27. The fraction of sp³-hybridized carbons (Fsp3) is 0.333. The molecule has 2 unspecified atom stereocenters. The molecule has 1 aliphatic heterocycles. The summed E-state index contributed by atoms with van der Waals surface area (Å²) in [6.45, 7) is 12.2. The third kappa shape index (κ3) is 3.93. The normalized spacial score (nSPS) is 18.0. The molecule has 1 heterocycles. The molecule has 0 aliphatic carbocycles. The van der Waals surface area contributed by atoms with Crippen LogP contribution in [0.4, 0.5) is 5.69 Å². The van der Waals surface area contributed by atoms with E-state index in [0.29, 0.717) is 5.76 Å². The van der Waals surface area contributed by atoms with Gasteiger partial charge in [0.15, 0.2) is 0 Å². The topological polar surface area (TPSA) is 32.7 Å². The molecular weight excluding hydrogens is 334 g/mol. The number of para-hydroxylation sites is 1. The quantitative estimate of drug-likeness (QED) is 0.698. The first-order valence-corrected chi connectivity index (χ1v) is 9.47. The molecule has 0 bridgehead atoms. The molecule has 0 aromatic heterocycles. The van der Waals surface area contributed by atoms with E-state index in [0.717, 1.165) is 5.69 Å². The molecule has 0 fully saturated rings. The van der Waals surface area contributed by atoms with E-state index in [-0.39, 0.29) is 6.04 Å². The van der Waals surface area contributed by atoms with Crippen molar-refractivity contribution in [3.05, 3.63) is 82.1 Å². The number of hydrogen-bond donors (Lipinski definition) is 1. The first-order valence-electron chi connectivity index (χ1n) is 9.47. The summed E-state index contributed by atoms with van der Waals surface area (Å²) in [5.74, 6) is 0.680. The number of hydroxylamine groups is 1. The molecule has 3 nitrogen and oxygen atoms in total. The van der Waals surface area contributed by atoms with Crippen LogP contribution in [0.5, 0.6) is 0 Å². The van der Waals surface area contributed by atoms with Gasteiger partial charge in [0.1, 0.15) is 11.8 Å². The summed E-state index contributed by atoms with van der Waals surface area (Å²) in [5.41, 5.74) is 8.50. The monoisotopic (exact) mass is 363 g/mol. The zero-order valence-corrected chi connectivity index (χ0v) is 17.1. The minimum absolute atomic E-state index is 0.0316. The van der Waals surface area contributed by atoms with Gasteiger partial charge in [-0.05, 0) is 75.9 Å². The van der Waals surface area contributed by atoms with Crippen LogP contribution in [0.15, 0.2) is 54.3 Å². The van der Waals surface area contributed by atoms with Crippen LogP contribution in [0.1, 0.15) is 54.6 Å². The van der Waals surface area contributed by atoms with Gasteiger partial charge in [-0.25, -0.2) is 0 Å². The Morgan fingerprint density at radius 1 is 1.15 bits per heavy atom. The van der Waals surface area contributed by atoms with Crippen molar-refractivity contribution in [3.63, 3.8) is 0 Å². The predicted octanol–water partition coefficient (Wildman–Crippen LogP) is 5.79. The molecule has 0 spiro atoms. The molecule has 0 saturated heterocycles. The minimum atomic E-state index is -0.552. The lowest BCUT2D eigenvalue weighted by Crippen LogP contribution is -2.31. The van der Waals surface area contributed by atoms with E-state index in [4.69, 9.17) is 4.84 Å². The maximum Gasteiger partial charge on any atom is 0.127 e. The predicted molar refractivity (Wildman–Crippen MR) is 112 cm³/mol. The van der Waals surface area contributed by atoms with Crippen LogP contribution >= 0.6 is 0 Å². The standard InChI is InChI=1S/C24H29NO2/c1-15-11-16(2)20(6)22(12-15)24-13-17(3)21-9-7-8-10-23(21)25(24)27-19(5)14-18(4)26/h7-14,18,24,26H,1-6H3/b19-14-. The van der Waals surface area contributed by atoms with E-state index in [1.807, 2.05) is 18.1 Å². The lowest BCUT2D eigenvalue weighted by atomic mass is 9.89. The number of aliphatic hydroxyl groups is 1. The lowest BCUT2D eigenvalue weighted by Gasteiger charge is -2.37. The smallest absolute Gasteiger partial charge is 0.127 e. The van der Waals surface area contributed by atoms with Crippen LogP contribution in [-0.4, -0.2) is 11.2 Å². The van der Waals surface area contributed by atoms with E-state index >= 15 is 0 Å². The molecule has 27 heavy (non-hydrogen) atoms. The average molecular weight is 364 g/mol. The molecule has 3 rings (SSSR count). The molecule has 2 aromatic rings. The van der Waals surface area contributed by atoms with Crippen LogP contribution in [0.25, 0.3) is 5.57 Å². The summed E-state index contributed by atoms with van der Waals surface area (Å²) >= 11 is 0. The van der Waals surface area contributed by atoms with Gasteiger partial charge in [0.05, 0.1) is 11.8 Å². The Labute approximate surface area is 162 Å². The van der Waals surface area contributed by atoms with Crippen molar-refractivity contribution in [2.75, 3.05) is 5.06 Å². The summed E-state index contributed by atoms with van der Waals surface area (Å²) in [6.07, 6.45) is 3.43. The number of benzene rings is 2. The molecule has 0 radical (unpaired) electrons. The van der Waals surface area contributed by atoms with Gasteiger partial charge in [-0.15, -0.1) is 0 Å². The van der Waals surface area contributed by atoms with Crippen molar-refractivity contribution >= 4 is 11.3 Å². The van der Waals surface area contributed by atoms with Crippen LogP contribution in [0.2, 0.25) is 0 Å². The molecule has 0 amide bonds. The Kier molecular flexibility index (Phi) is 5.43. The summed E-state index contributed by atoms with van der Waals surface area (Å²) in [7, 11) is 0. The van der Waals surface area contributed by atoms with Gasteiger partial charge in [0, 0.05) is 5.56 Å². The van der Waals surface area contributed by atoms with Gasteiger partial charge < -0.3 is 9.94 Å². The number of nitrogens with zero attached hydrogens (tertiary/aromatic N) is 1. The van der Waals surface area contributed by atoms with Crippen molar-refractivity contribution in [2.24, 2.45) is 0 Å². The number of fused-ring (bicyclic) bond motifs is 1. The number of aryl methyl sites for hydroxylation is 2. The Bertz CT molecular complexity index is 909. The molecule has 3 heteroatoms. The number of hydrogen-bond acceptors (Lipinski definition) is 3. The second kappa shape index (κ2) is 7.61. The maximum atomic E-state index is 9.70.